The van der Waals surface area contributed by atoms with Crippen LogP contribution in [0.3, 0.4) is 0 Å². The molecule has 0 spiro atoms. The van der Waals surface area contributed by atoms with Gasteiger partial charge in [0.05, 0.1) is 12.7 Å². The first-order chi connectivity index (χ1) is 13.7. The smallest absolute Gasteiger partial charge is 0.249 e. The first kappa shape index (κ1) is 20.4. The maximum Gasteiger partial charge on any atom is 0.249 e. The molecule has 5 nitrogen and oxygen atoms in total. The van der Waals surface area contributed by atoms with Crippen LogP contribution in [0.25, 0.3) is 0 Å². The summed E-state index contributed by atoms with van der Waals surface area (Å²) < 4.78 is 17.1. The van der Waals surface area contributed by atoms with Gasteiger partial charge in [-0.15, -0.1) is 0 Å². The normalized spacial score (nSPS) is 17.7. The van der Waals surface area contributed by atoms with E-state index in [1.54, 1.807) is 6.92 Å². The molecule has 150 valence electrons. The molecule has 1 aliphatic rings. The monoisotopic (exact) mass is 383 g/mol. The van der Waals surface area contributed by atoms with Crippen molar-refractivity contribution in [1.29, 1.82) is 0 Å². The Balaban J connectivity index is 1.41. The molecule has 2 atom stereocenters. The maximum absolute atomic E-state index is 12.3. The first-order valence-electron chi connectivity index (χ1n) is 9.97. The number of carbonyl (C=O) groups is 1. The predicted molar refractivity (Wildman–Crippen MR) is 108 cm³/mol. The fraction of sp³-hybridized carbons (Fsp3) is 0.435. The van der Waals surface area contributed by atoms with Crippen LogP contribution in [0, 0.1) is 0 Å². The molecule has 5 heteroatoms. The average Bonchev–Trinajstić information content (AvgIpc) is 2.76. The highest BCUT2D eigenvalue weighted by Gasteiger charge is 2.18. The van der Waals surface area contributed by atoms with Crippen LogP contribution < -0.4 is 10.1 Å². The third-order valence-corrected chi connectivity index (χ3v) is 4.78. The highest BCUT2D eigenvalue weighted by atomic mass is 16.5. The van der Waals surface area contributed by atoms with Gasteiger partial charge >= 0.3 is 0 Å². The number of amides is 1. The third kappa shape index (κ3) is 6.66. The number of hydrogen-bond acceptors (Lipinski definition) is 4. The summed E-state index contributed by atoms with van der Waals surface area (Å²) in [7, 11) is 0. The van der Waals surface area contributed by atoms with Gasteiger partial charge in [-0.3, -0.25) is 4.79 Å². The van der Waals surface area contributed by atoms with Gasteiger partial charge in [0.25, 0.3) is 0 Å². The first-order valence-corrected chi connectivity index (χ1v) is 9.97. The van der Waals surface area contributed by atoms with Crippen molar-refractivity contribution in [1.82, 2.24) is 5.32 Å². The lowest BCUT2D eigenvalue weighted by Crippen LogP contribution is -2.36. The summed E-state index contributed by atoms with van der Waals surface area (Å²) in [5.74, 6) is 0.732. The molecular formula is C23H29NO4. The van der Waals surface area contributed by atoms with Gasteiger partial charge in [0.1, 0.15) is 18.5 Å². The second-order valence-electron chi connectivity index (χ2n) is 7.10. The molecule has 1 N–H and O–H groups in total. The van der Waals surface area contributed by atoms with Gasteiger partial charge in [0, 0.05) is 13.2 Å². The van der Waals surface area contributed by atoms with Crippen LogP contribution in [0.4, 0.5) is 0 Å². The number of carbonyl (C=O) groups excluding carboxylic acids is 1. The Morgan fingerprint density at radius 3 is 2.75 bits per heavy atom. The van der Waals surface area contributed by atoms with Crippen molar-refractivity contribution >= 4 is 5.91 Å². The Kier molecular flexibility index (Phi) is 7.88. The lowest BCUT2D eigenvalue weighted by Gasteiger charge is -2.23. The van der Waals surface area contributed by atoms with Crippen LogP contribution in [-0.4, -0.2) is 31.3 Å². The molecule has 0 radical (unpaired) electrons. The fourth-order valence-electron chi connectivity index (χ4n) is 3.11. The van der Waals surface area contributed by atoms with E-state index in [9.17, 15) is 4.79 Å². The van der Waals surface area contributed by atoms with Gasteiger partial charge in [-0.1, -0.05) is 42.5 Å². The van der Waals surface area contributed by atoms with Crippen LogP contribution in [0.1, 0.15) is 37.3 Å². The second kappa shape index (κ2) is 10.8. The van der Waals surface area contributed by atoms with Gasteiger partial charge < -0.3 is 19.5 Å². The minimum absolute atomic E-state index is 0.109. The van der Waals surface area contributed by atoms with E-state index in [-0.39, 0.29) is 12.0 Å². The third-order valence-electron chi connectivity index (χ3n) is 4.78. The van der Waals surface area contributed by atoms with Crippen LogP contribution in [0.2, 0.25) is 0 Å². The minimum atomic E-state index is -0.491. The molecule has 3 rings (SSSR count). The Morgan fingerprint density at radius 1 is 1.14 bits per heavy atom. The van der Waals surface area contributed by atoms with E-state index in [1.165, 1.54) is 6.42 Å². The summed E-state index contributed by atoms with van der Waals surface area (Å²) in [6.45, 7) is 4.00. The van der Waals surface area contributed by atoms with Crippen LogP contribution in [0.5, 0.6) is 5.75 Å². The van der Waals surface area contributed by atoms with Crippen molar-refractivity contribution in [3.8, 4) is 5.75 Å². The van der Waals surface area contributed by atoms with Crippen molar-refractivity contribution in [3.05, 3.63) is 65.7 Å². The molecule has 0 saturated carbocycles. The zero-order chi connectivity index (χ0) is 19.6. The van der Waals surface area contributed by atoms with Gasteiger partial charge in [-0.05, 0) is 49.4 Å². The Hall–Kier alpha value is -2.37. The lowest BCUT2D eigenvalue weighted by atomic mass is 10.1. The van der Waals surface area contributed by atoms with E-state index in [0.717, 1.165) is 36.3 Å². The minimum Gasteiger partial charge on any atom is -0.489 e. The van der Waals surface area contributed by atoms with E-state index in [1.807, 2.05) is 54.6 Å². The van der Waals surface area contributed by atoms with Crippen LogP contribution >= 0.6 is 0 Å². The Morgan fingerprint density at radius 2 is 1.96 bits per heavy atom. The van der Waals surface area contributed by atoms with Gasteiger partial charge in [0.2, 0.25) is 5.91 Å². The molecule has 28 heavy (non-hydrogen) atoms. The van der Waals surface area contributed by atoms with Crippen molar-refractivity contribution in [3.63, 3.8) is 0 Å². The molecule has 1 saturated heterocycles. The molecule has 1 aliphatic heterocycles. The highest BCUT2D eigenvalue weighted by Crippen LogP contribution is 2.14. The van der Waals surface area contributed by atoms with Crippen molar-refractivity contribution in [2.45, 2.75) is 51.5 Å². The van der Waals surface area contributed by atoms with Crippen LogP contribution in [-0.2, 0) is 27.4 Å². The standard InChI is InChI=1S/C23H29NO4/c1-18(27-17-22-12-5-6-13-26-22)23(25)24-15-19-8-7-9-20(14-19)16-28-21-10-3-2-4-11-21/h2-4,7-11,14,18,22H,5-6,12-13,15-17H2,1H3,(H,24,25). The Bertz CT molecular complexity index is 728. The molecule has 1 heterocycles. The van der Waals surface area contributed by atoms with E-state index in [2.05, 4.69) is 5.32 Å². The molecule has 2 aromatic rings. The second-order valence-corrected chi connectivity index (χ2v) is 7.10. The highest BCUT2D eigenvalue weighted by molar-refractivity contribution is 5.80. The number of benzene rings is 2. The van der Waals surface area contributed by atoms with Gasteiger partial charge in [0.15, 0.2) is 0 Å². The number of hydrogen-bond donors (Lipinski definition) is 1. The molecule has 0 bridgehead atoms. The summed E-state index contributed by atoms with van der Waals surface area (Å²) in [5, 5.41) is 2.94. The van der Waals surface area contributed by atoms with E-state index in [0.29, 0.717) is 19.8 Å². The topological polar surface area (TPSA) is 56.8 Å². The fourth-order valence-corrected chi connectivity index (χ4v) is 3.11. The number of para-hydroxylation sites is 1. The summed E-state index contributed by atoms with van der Waals surface area (Å²) in [6.07, 6.45) is 2.91. The summed E-state index contributed by atoms with van der Waals surface area (Å²) >= 11 is 0. The zero-order valence-corrected chi connectivity index (χ0v) is 16.4. The summed E-state index contributed by atoms with van der Waals surface area (Å²) in [4.78, 5) is 12.3. The van der Waals surface area contributed by atoms with Crippen molar-refractivity contribution in [2.24, 2.45) is 0 Å². The Labute approximate surface area is 167 Å². The number of nitrogens with one attached hydrogen (secondary N) is 1. The van der Waals surface area contributed by atoms with E-state index in [4.69, 9.17) is 14.2 Å². The zero-order valence-electron chi connectivity index (χ0n) is 16.4. The SMILES string of the molecule is CC(OCC1CCCCO1)C(=O)NCc1cccc(COc2ccccc2)c1. The van der Waals surface area contributed by atoms with Crippen molar-refractivity contribution in [2.75, 3.05) is 13.2 Å². The quantitative estimate of drug-likeness (QED) is 0.714. The molecule has 0 aliphatic carbocycles. The summed E-state index contributed by atoms with van der Waals surface area (Å²) in [5.41, 5.74) is 2.10. The lowest BCUT2D eigenvalue weighted by molar-refractivity contribution is -0.135. The maximum atomic E-state index is 12.3. The van der Waals surface area contributed by atoms with Crippen molar-refractivity contribution < 1.29 is 19.0 Å². The predicted octanol–water partition coefficient (Wildman–Crippen LogP) is 3.86. The van der Waals surface area contributed by atoms with E-state index >= 15 is 0 Å². The van der Waals surface area contributed by atoms with Crippen LogP contribution in [0.15, 0.2) is 54.6 Å². The molecule has 2 aromatic carbocycles. The number of ether oxygens (including phenoxy) is 3. The summed E-state index contributed by atoms with van der Waals surface area (Å²) in [6, 6.07) is 17.8. The molecule has 0 aromatic heterocycles. The average molecular weight is 383 g/mol. The largest absolute Gasteiger partial charge is 0.489 e. The molecule has 2 unspecified atom stereocenters. The van der Waals surface area contributed by atoms with Gasteiger partial charge in [-0.2, -0.15) is 0 Å². The van der Waals surface area contributed by atoms with Gasteiger partial charge in [-0.25, -0.2) is 0 Å². The number of rotatable bonds is 9. The molecule has 1 amide bonds. The molecule has 1 fully saturated rings. The molecular weight excluding hydrogens is 354 g/mol. The van der Waals surface area contributed by atoms with E-state index < -0.39 is 6.10 Å².